The van der Waals surface area contributed by atoms with Gasteiger partial charge in [0.15, 0.2) is 17.4 Å². The minimum atomic E-state index is 0.520. The van der Waals surface area contributed by atoms with Crippen LogP contribution >= 0.6 is 0 Å². The minimum absolute atomic E-state index is 0.520. The summed E-state index contributed by atoms with van der Waals surface area (Å²) in [7, 11) is 5.81. The summed E-state index contributed by atoms with van der Waals surface area (Å²) in [4.78, 5) is 6.39. The van der Waals surface area contributed by atoms with Crippen LogP contribution in [0.5, 0.6) is 5.75 Å². The van der Waals surface area contributed by atoms with Crippen LogP contribution in [-0.2, 0) is 13.1 Å². The minimum Gasteiger partial charge on any atom is -0.492 e. The molecule has 0 unspecified atom stereocenters. The summed E-state index contributed by atoms with van der Waals surface area (Å²) in [6.45, 7) is 2.65. The molecule has 0 amide bonds. The number of aliphatic imine (C=N–C) groups is 1. The van der Waals surface area contributed by atoms with E-state index in [2.05, 4.69) is 36.8 Å². The molecule has 2 N–H and O–H groups in total. The highest BCUT2D eigenvalue weighted by Crippen LogP contribution is 2.17. The Bertz CT molecular complexity index is 920. The standard InChI is InChI=1S/C20H27N7O/c1-21-20(23-15-19-25-24-18-10-6-7-11-27(18)19)22-14-16-8-4-5-9-17(16)28-13-12-26(2)3/h4-11H,12-15H2,1-3H3,(H2,21,22,23). The van der Waals surface area contributed by atoms with E-state index in [-0.39, 0.29) is 0 Å². The third-order valence-electron chi connectivity index (χ3n) is 4.24. The summed E-state index contributed by atoms with van der Waals surface area (Å²) in [6, 6.07) is 13.9. The fourth-order valence-corrected chi connectivity index (χ4v) is 2.70. The molecule has 0 aliphatic rings. The molecule has 3 aromatic rings. The number of hydrogen-bond donors (Lipinski definition) is 2. The molecule has 2 heterocycles. The van der Waals surface area contributed by atoms with Crippen LogP contribution in [-0.4, -0.2) is 59.8 Å². The normalized spacial score (nSPS) is 11.8. The van der Waals surface area contributed by atoms with Crippen molar-refractivity contribution >= 4 is 11.6 Å². The van der Waals surface area contributed by atoms with Gasteiger partial charge in [0.05, 0.1) is 6.54 Å². The zero-order valence-corrected chi connectivity index (χ0v) is 16.6. The van der Waals surface area contributed by atoms with Crippen LogP contribution in [0.1, 0.15) is 11.4 Å². The van der Waals surface area contributed by atoms with Gasteiger partial charge in [-0.15, -0.1) is 10.2 Å². The highest BCUT2D eigenvalue weighted by molar-refractivity contribution is 5.79. The summed E-state index contributed by atoms with van der Waals surface area (Å²) >= 11 is 0. The molecule has 0 bridgehead atoms. The summed E-state index contributed by atoms with van der Waals surface area (Å²) < 4.78 is 7.87. The number of para-hydroxylation sites is 1. The predicted octanol–water partition coefficient (Wildman–Crippen LogP) is 1.53. The SMILES string of the molecule is CN=C(NCc1ccccc1OCCN(C)C)NCc1nnc2ccccn12. The quantitative estimate of drug-likeness (QED) is 0.455. The highest BCUT2D eigenvalue weighted by Gasteiger charge is 2.07. The first-order valence-electron chi connectivity index (χ1n) is 9.26. The Morgan fingerprint density at radius 1 is 1.07 bits per heavy atom. The molecule has 0 saturated heterocycles. The van der Waals surface area contributed by atoms with E-state index in [4.69, 9.17) is 4.74 Å². The molecule has 0 fully saturated rings. The molecule has 28 heavy (non-hydrogen) atoms. The number of nitrogens with one attached hydrogen (secondary N) is 2. The number of guanidine groups is 1. The molecule has 3 rings (SSSR count). The van der Waals surface area contributed by atoms with Gasteiger partial charge in [0, 0.05) is 31.9 Å². The Labute approximate surface area is 165 Å². The maximum absolute atomic E-state index is 5.92. The maximum atomic E-state index is 5.92. The Balaban J connectivity index is 1.56. The zero-order valence-electron chi connectivity index (χ0n) is 16.6. The van der Waals surface area contributed by atoms with Gasteiger partial charge in [-0.25, -0.2) is 0 Å². The molecule has 0 saturated carbocycles. The number of hydrogen-bond acceptors (Lipinski definition) is 5. The van der Waals surface area contributed by atoms with Crippen molar-refractivity contribution in [2.45, 2.75) is 13.1 Å². The summed E-state index contributed by atoms with van der Waals surface area (Å²) in [5, 5.41) is 15.0. The summed E-state index contributed by atoms with van der Waals surface area (Å²) in [5.41, 5.74) is 1.91. The number of rotatable bonds is 8. The second-order valence-electron chi connectivity index (χ2n) is 6.58. The van der Waals surface area contributed by atoms with Gasteiger partial charge in [-0.1, -0.05) is 24.3 Å². The van der Waals surface area contributed by atoms with Gasteiger partial charge in [0.25, 0.3) is 0 Å². The Morgan fingerprint density at radius 3 is 2.68 bits per heavy atom. The molecule has 0 radical (unpaired) electrons. The van der Waals surface area contributed by atoms with E-state index in [1.165, 1.54) is 0 Å². The van der Waals surface area contributed by atoms with Crippen LogP contribution in [0.3, 0.4) is 0 Å². The smallest absolute Gasteiger partial charge is 0.191 e. The van der Waals surface area contributed by atoms with Gasteiger partial charge in [0.2, 0.25) is 0 Å². The van der Waals surface area contributed by atoms with Gasteiger partial charge < -0.3 is 20.3 Å². The van der Waals surface area contributed by atoms with Crippen LogP contribution < -0.4 is 15.4 Å². The predicted molar refractivity (Wildman–Crippen MR) is 111 cm³/mol. The van der Waals surface area contributed by atoms with Crippen LogP contribution in [0.2, 0.25) is 0 Å². The zero-order chi connectivity index (χ0) is 19.8. The van der Waals surface area contributed by atoms with Crippen LogP contribution in [0, 0.1) is 0 Å². The number of aromatic nitrogens is 3. The summed E-state index contributed by atoms with van der Waals surface area (Å²) in [6.07, 6.45) is 1.95. The van der Waals surface area contributed by atoms with Crippen molar-refractivity contribution in [2.24, 2.45) is 4.99 Å². The largest absolute Gasteiger partial charge is 0.492 e. The van der Waals surface area contributed by atoms with E-state index < -0.39 is 0 Å². The molecule has 8 nitrogen and oxygen atoms in total. The molecular formula is C20H27N7O. The van der Waals surface area contributed by atoms with Gasteiger partial charge in [-0.05, 0) is 32.3 Å². The first-order valence-corrected chi connectivity index (χ1v) is 9.26. The third-order valence-corrected chi connectivity index (χ3v) is 4.24. The molecular weight excluding hydrogens is 354 g/mol. The monoisotopic (exact) mass is 381 g/mol. The lowest BCUT2D eigenvalue weighted by Crippen LogP contribution is -2.36. The fraction of sp³-hybridized carbons (Fsp3) is 0.350. The van der Waals surface area contributed by atoms with E-state index in [9.17, 15) is 0 Å². The van der Waals surface area contributed by atoms with Crippen molar-refractivity contribution in [2.75, 3.05) is 34.3 Å². The summed E-state index contributed by atoms with van der Waals surface area (Å²) in [5.74, 6) is 2.40. The first kappa shape index (κ1) is 19.6. The Hall–Kier alpha value is -3.13. The molecule has 0 spiro atoms. The van der Waals surface area contributed by atoms with Crippen molar-refractivity contribution < 1.29 is 4.74 Å². The van der Waals surface area contributed by atoms with Gasteiger partial charge in [-0.3, -0.25) is 9.39 Å². The van der Waals surface area contributed by atoms with E-state index in [0.717, 1.165) is 29.3 Å². The van der Waals surface area contributed by atoms with Gasteiger partial charge in [0.1, 0.15) is 12.4 Å². The lowest BCUT2D eigenvalue weighted by atomic mass is 10.2. The Morgan fingerprint density at radius 2 is 1.86 bits per heavy atom. The average Bonchev–Trinajstić information content (AvgIpc) is 3.12. The van der Waals surface area contributed by atoms with Gasteiger partial charge in [-0.2, -0.15) is 0 Å². The van der Waals surface area contributed by atoms with Crippen molar-refractivity contribution in [3.05, 3.63) is 60.0 Å². The second kappa shape index (κ2) is 9.70. The van der Waals surface area contributed by atoms with E-state index in [1.807, 2.05) is 61.1 Å². The van der Waals surface area contributed by atoms with Crippen molar-refractivity contribution in [1.29, 1.82) is 0 Å². The number of fused-ring (bicyclic) bond motifs is 1. The average molecular weight is 381 g/mol. The number of nitrogens with zero attached hydrogens (tertiary/aromatic N) is 5. The van der Waals surface area contributed by atoms with Crippen LogP contribution in [0.25, 0.3) is 5.65 Å². The molecule has 0 aliphatic carbocycles. The molecule has 8 heteroatoms. The van der Waals surface area contributed by atoms with E-state index in [1.54, 1.807) is 7.05 Å². The highest BCUT2D eigenvalue weighted by atomic mass is 16.5. The lowest BCUT2D eigenvalue weighted by molar-refractivity contribution is 0.259. The van der Waals surface area contributed by atoms with Crippen LogP contribution in [0.4, 0.5) is 0 Å². The Kier molecular flexibility index (Phi) is 6.80. The maximum Gasteiger partial charge on any atom is 0.191 e. The second-order valence-corrected chi connectivity index (χ2v) is 6.58. The molecule has 1 aromatic carbocycles. The third kappa shape index (κ3) is 5.20. The lowest BCUT2D eigenvalue weighted by Gasteiger charge is -2.16. The van der Waals surface area contributed by atoms with Crippen molar-refractivity contribution in [3.8, 4) is 5.75 Å². The fourth-order valence-electron chi connectivity index (χ4n) is 2.70. The van der Waals surface area contributed by atoms with E-state index in [0.29, 0.717) is 25.7 Å². The number of likely N-dealkylation sites (N-methyl/N-ethyl adjacent to an activating group) is 1. The van der Waals surface area contributed by atoms with Crippen molar-refractivity contribution in [1.82, 2.24) is 30.1 Å². The molecule has 0 atom stereocenters. The number of benzene rings is 1. The van der Waals surface area contributed by atoms with Gasteiger partial charge >= 0.3 is 0 Å². The molecule has 2 aromatic heterocycles. The number of pyridine rings is 1. The number of ether oxygens (including phenoxy) is 1. The first-order chi connectivity index (χ1) is 13.7. The van der Waals surface area contributed by atoms with Crippen LogP contribution in [0.15, 0.2) is 53.7 Å². The van der Waals surface area contributed by atoms with Crippen molar-refractivity contribution in [3.63, 3.8) is 0 Å². The molecule has 0 aliphatic heterocycles. The van der Waals surface area contributed by atoms with E-state index >= 15 is 0 Å². The topological polar surface area (TPSA) is 79.1 Å². The molecule has 148 valence electrons.